The van der Waals surface area contributed by atoms with E-state index >= 15 is 0 Å². The number of phenolic OH excluding ortho intramolecular Hbond substituents is 1. The van der Waals surface area contributed by atoms with Gasteiger partial charge in [-0.1, -0.05) is 52.1 Å². The molecule has 0 aliphatic carbocycles. The van der Waals surface area contributed by atoms with Gasteiger partial charge >= 0.3 is 0 Å². The second kappa shape index (κ2) is 7.95. The van der Waals surface area contributed by atoms with Crippen LogP contribution >= 0.6 is 0 Å². The molecule has 0 saturated carbocycles. The quantitative estimate of drug-likeness (QED) is 0.598. The summed E-state index contributed by atoms with van der Waals surface area (Å²) >= 11 is 0. The minimum Gasteiger partial charge on any atom is -0.505 e. The number of allylic oxidation sites excluding steroid dienone is 2. The topological polar surface area (TPSA) is 68.0 Å². The molecule has 5 heteroatoms. The number of carbonyl (C=O) groups is 1. The summed E-state index contributed by atoms with van der Waals surface area (Å²) in [7, 11) is 0. The van der Waals surface area contributed by atoms with Gasteiger partial charge in [0, 0.05) is 12.0 Å². The standard InChI is InChI=1S/C21H25N3O2/c1-6-8-11-18-17(7-2)22-24(23-18)19-14-15(10-9-12-25)13-16(20(19)26)21(3,4)5/h6-8,11-14,26H,1-2,9-10H2,3-5H3/b11-8-. The van der Waals surface area contributed by atoms with Crippen LogP contribution in [0.5, 0.6) is 5.75 Å². The Balaban J connectivity index is 2.65. The van der Waals surface area contributed by atoms with Crippen LogP contribution in [0.15, 0.2) is 37.4 Å². The zero-order chi connectivity index (χ0) is 19.3. The predicted molar refractivity (Wildman–Crippen MR) is 105 cm³/mol. The van der Waals surface area contributed by atoms with Gasteiger partial charge in [-0.2, -0.15) is 0 Å². The summed E-state index contributed by atoms with van der Waals surface area (Å²) in [4.78, 5) is 12.2. The first-order valence-corrected chi connectivity index (χ1v) is 8.51. The van der Waals surface area contributed by atoms with E-state index in [1.54, 1.807) is 24.3 Å². The molecule has 136 valence electrons. The smallest absolute Gasteiger partial charge is 0.146 e. The van der Waals surface area contributed by atoms with E-state index in [1.165, 1.54) is 4.80 Å². The number of hydrogen-bond acceptors (Lipinski definition) is 4. The van der Waals surface area contributed by atoms with Gasteiger partial charge in [-0.05, 0) is 35.6 Å². The van der Waals surface area contributed by atoms with Crippen LogP contribution in [0.1, 0.15) is 49.7 Å². The highest BCUT2D eigenvalue weighted by Gasteiger charge is 2.23. The van der Waals surface area contributed by atoms with Gasteiger partial charge in [0.2, 0.25) is 0 Å². The number of aryl methyl sites for hydroxylation is 1. The van der Waals surface area contributed by atoms with Crippen LogP contribution in [0.2, 0.25) is 0 Å². The molecule has 1 heterocycles. The molecule has 0 amide bonds. The number of aromatic hydroxyl groups is 1. The van der Waals surface area contributed by atoms with Crippen molar-refractivity contribution in [2.24, 2.45) is 0 Å². The first-order valence-electron chi connectivity index (χ1n) is 8.51. The number of phenols is 1. The van der Waals surface area contributed by atoms with Crippen LogP contribution in [-0.2, 0) is 16.6 Å². The van der Waals surface area contributed by atoms with E-state index in [-0.39, 0.29) is 11.2 Å². The van der Waals surface area contributed by atoms with Crippen molar-refractivity contribution in [1.82, 2.24) is 15.0 Å². The summed E-state index contributed by atoms with van der Waals surface area (Å²) in [5.74, 6) is 0.136. The summed E-state index contributed by atoms with van der Waals surface area (Å²) in [6, 6.07) is 3.76. The monoisotopic (exact) mass is 351 g/mol. The highest BCUT2D eigenvalue weighted by atomic mass is 16.3. The SMILES string of the molecule is C=C/C=C\c1nn(-c2cc(CCC=O)cc(C(C)(C)C)c2O)nc1C=C. The molecule has 0 aliphatic heterocycles. The molecule has 2 aromatic rings. The summed E-state index contributed by atoms with van der Waals surface area (Å²) in [5, 5.41) is 19.7. The van der Waals surface area contributed by atoms with E-state index in [2.05, 4.69) is 23.4 Å². The summed E-state index contributed by atoms with van der Waals surface area (Å²) in [6.07, 6.45) is 8.73. The Morgan fingerprint density at radius 1 is 1.19 bits per heavy atom. The van der Waals surface area contributed by atoms with Gasteiger partial charge in [-0.15, -0.1) is 15.0 Å². The van der Waals surface area contributed by atoms with Crippen molar-refractivity contribution in [2.75, 3.05) is 0 Å². The second-order valence-corrected chi connectivity index (χ2v) is 7.03. The van der Waals surface area contributed by atoms with E-state index in [1.807, 2.05) is 32.9 Å². The number of aromatic nitrogens is 3. The first kappa shape index (κ1) is 19.4. The Morgan fingerprint density at radius 2 is 1.88 bits per heavy atom. The van der Waals surface area contributed by atoms with Crippen LogP contribution in [-0.4, -0.2) is 26.4 Å². The Hall–Kier alpha value is -2.95. The molecule has 5 nitrogen and oxygen atoms in total. The summed E-state index contributed by atoms with van der Waals surface area (Å²) < 4.78 is 0. The maximum absolute atomic E-state index is 10.8. The Morgan fingerprint density at radius 3 is 2.46 bits per heavy atom. The van der Waals surface area contributed by atoms with E-state index in [4.69, 9.17) is 0 Å². The molecule has 0 spiro atoms. The zero-order valence-corrected chi connectivity index (χ0v) is 15.6. The highest BCUT2D eigenvalue weighted by molar-refractivity contribution is 5.61. The minimum atomic E-state index is -0.268. The molecular weight excluding hydrogens is 326 g/mol. The molecular formula is C21H25N3O2. The third kappa shape index (κ3) is 4.17. The van der Waals surface area contributed by atoms with Gasteiger partial charge in [0.05, 0.1) is 0 Å². The lowest BCUT2D eigenvalue weighted by Gasteiger charge is -2.23. The lowest BCUT2D eigenvalue weighted by atomic mass is 9.84. The molecule has 2 rings (SSSR count). The number of benzene rings is 1. The van der Waals surface area contributed by atoms with Gasteiger partial charge in [0.1, 0.15) is 29.1 Å². The molecule has 0 atom stereocenters. The lowest BCUT2D eigenvalue weighted by molar-refractivity contribution is -0.107. The summed E-state index contributed by atoms with van der Waals surface area (Å²) in [6.45, 7) is 13.5. The van der Waals surface area contributed by atoms with E-state index in [9.17, 15) is 9.90 Å². The van der Waals surface area contributed by atoms with Crippen LogP contribution in [0, 0.1) is 0 Å². The minimum absolute atomic E-state index is 0.136. The third-order valence-electron chi connectivity index (χ3n) is 3.97. The van der Waals surface area contributed by atoms with Crippen LogP contribution in [0.25, 0.3) is 17.8 Å². The van der Waals surface area contributed by atoms with E-state index in [0.717, 1.165) is 17.4 Å². The Bertz CT molecular complexity index is 855. The molecule has 1 aromatic carbocycles. The average Bonchev–Trinajstić information content (AvgIpc) is 3.00. The Kier molecular flexibility index (Phi) is 5.93. The zero-order valence-electron chi connectivity index (χ0n) is 15.6. The molecule has 1 aromatic heterocycles. The molecule has 26 heavy (non-hydrogen) atoms. The van der Waals surface area contributed by atoms with Crippen molar-refractivity contribution in [3.63, 3.8) is 0 Å². The molecule has 0 aliphatic rings. The summed E-state index contributed by atoms with van der Waals surface area (Å²) in [5.41, 5.74) is 3.20. The van der Waals surface area contributed by atoms with E-state index in [0.29, 0.717) is 29.9 Å². The molecule has 0 fully saturated rings. The predicted octanol–water partition coefficient (Wildman–Crippen LogP) is 4.24. The number of aldehydes is 1. The van der Waals surface area contributed by atoms with Crippen LogP contribution < -0.4 is 0 Å². The van der Waals surface area contributed by atoms with Crippen molar-refractivity contribution in [1.29, 1.82) is 0 Å². The highest BCUT2D eigenvalue weighted by Crippen LogP contribution is 2.36. The van der Waals surface area contributed by atoms with Gasteiger partial charge in [0.25, 0.3) is 0 Å². The molecule has 1 N–H and O–H groups in total. The normalized spacial score (nSPS) is 11.7. The molecule has 0 radical (unpaired) electrons. The van der Waals surface area contributed by atoms with Crippen molar-refractivity contribution < 1.29 is 9.90 Å². The van der Waals surface area contributed by atoms with Crippen molar-refractivity contribution in [3.05, 3.63) is 60.0 Å². The van der Waals surface area contributed by atoms with E-state index < -0.39 is 0 Å². The van der Waals surface area contributed by atoms with Crippen molar-refractivity contribution in [2.45, 2.75) is 39.0 Å². The molecule has 0 saturated heterocycles. The Labute approximate surface area is 154 Å². The van der Waals surface area contributed by atoms with Crippen molar-refractivity contribution >= 4 is 18.4 Å². The van der Waals surface area contributed by atoms with Gasteiger partial charge in [0.15, 0.2) is 0 Å². The number of hydrogen-bond donors (Lipinski definition) is 1. The lowest BCUT2D eigenvalue weighted by Crippen LogP contribution is -2.14. The number of nitrogens with zero attached hydrogens (tertiary/aromatic N) is 3. The van der Waals surface area contributed by atoms with Gasteiger partial charge in [-0.3, -0.25) is 0 Å². The number of carbonyl (C=O) groups excluding carboxylic acids is 1. The van der Waals surface area contributed by atoms with Crippen molar-refractivity contribution in [3.8, 4) is 11.4 Å². The third-order valence-corrected chi connectivity index (χ3v) is 3.97. The van der Waals surface area contributed by atoms with Crippen LogP contribution in [0.4, 0.5) is 0 Å². The average molecular weight is 351 g/mol. The fraction of sp³-hybridized carbons (Fsp3) is 0.286. The van der Waals surface area contributed by atoms with Crippen LogP contribution in [0.3, 0.4) is 0 Å². The van der Waals surface area contributed by atoms with Gasteiger partial charge in [-0.25, -0.2) is 0 Å². The fourth-order valence-electron chi connectivity index (χ4n) is 2.63. The largest absolute Gasteiger partial charge is 0.505 e. The first-order chi connectivity index (χ1) is 12.3. The molecule has 0 bridgehead atoms. The maximum Gasteiger partial charge on any atom is 0.146 e. The van der Waals surface area contributed by atoms with Gasteiger partial charge < -0.3 is 9.90 Å². The maximum atomic E-state index is 10.8. The fourth-order valence-corrected chi connectivity index (χ4v) is 2.63. The second-order valence-electron chi connectivity index (χ2n) is 7.03. The number of rotatable bonds is 7. The molecule has 0 unspecified atom stereocenters.